The van der Waals surface area contributed by atoms with Gasteiger partial charge in [0.05, 0.1) is 24.0 Å². The molecule has 1 fully saturated rings. The number of nitrogens with zero attached hydrogens (tertiary/aromatic N) is 2. The van der Waals surface area contributed by atoms with Crippen molar-refractivity contribution in [3.63, 3.8) is 0 Å². The molecule has 166 valence electrons. The van der Waals surface area contributed by atoms with Crippen LogP contribution in [0.3, 0.4) is 0 Å². The maximum absolute atomic E-state index is 14.7. The van der Waals surface area contributed by atoms with E-state index in [0.29, 0.717) is 5.69 Å². The van der Waals surface area contributed by atoms with Gasteiger partial charge in [0.15, 0.2) is 0 Å². The molecule has 2 amide bonds. The van der Waals surface area contributed by atoms with Crippen LogP contribution in [0.25, 0.3) is 5.69 Å². The lowest BCUT2D eigenvalue weighted by molar-refractivity contribution is -0.120. The fourth-order valence-electron chi connectivity index (χ4n) is 3.35. The molecule has 1 saturated heterocycles. The van der Waals surface area contributed by atoms with Crippen molar-refractivity contribution >= 4 is 17.7 Å². The van der Waals surface area contributed by atoms with Gasteiger partial charge in [-0.15, -0.1) is 0 Å². The number of carbonyl (C=O) groups excluding carboxylic acids is 2. The molecule has 0 bridgehead atoms. The summed E-state index contributed by atoms with van der Waals surface area (Å²) in [6.07, 6.45) is 0.824. The van der Waals surface area contributed by atoms with E-state index in [1.807, 2.05) is 0 Å². The first-order valence-corrected chi connectivity index (χ1v) is 9.90. The molecule has 1 aromatic carbocycles. The van der Waals surface area contributed by atoms with E-state index in [0.717, 1.165) is 6.07 Å². The second kappa shape index (κ2) is 8.89. The zero-order chi connectivity index (χ0) is 22.8. The third-order valence-corrected chi connectivity index (χ3v) is 4.84. The van der Waals surface area contributed by atoms with Gasteiger partial charge < -0.3 is 14.8 Å². The van der Waals surface area contributed by atoms with E-state index in [9.17, 15) is 18.8 Å². The Bertz CT molecular complexity index is 1030. The molecular weight excluding hydrogens is 405 g/mol. The highest BCUT2D eigenvalue weighted by Crippen LogP contribution is 2.25. The van der Waals surface area contributed by atoms with Crippen LogP contribution in [0.15, 0.2) is 47.4 Å². The number of anilines is 1. The highest BCUT2D eigenvalue weighted by atomic mass is 19.1. The third-order valence-electron chi connectivity index (χ3n) is 4.84. The first-order chi connectivity index (χ1) is 14.6. The third kappa shape index (κ3) is 5.29. The molecule has 1 aliphatic heterocycles. The minimum Gasteiger partial charge on any atom is -0.444 e. The number of nitrogens with one attached hydrogen (secondary N) is 1. The molecule has 1 aromatic heterocycles. The van der Waals surface area contributed by atoms with Crippen LogP contribution in [0.2, 0.25) is 0 Å². The van der Waals surface area contributed by atoms with Crippen molar-refractivity contribution in [3.05, 3.63) is 58.8 Å². The molecule has 1 N–H and O–H groups in total. The summed E-state index contributed by atoms with van der Waals surface area (Å²) in [5.41, 5.74) is -0.747. The van der Waals surface area contributed by atoms with E-state index in [4.69, 9.17) is 9.47 Å². The Labute approximate surface area is 179 Å². The fourth-order valence-corrected chi connectivity index (χ4v) is 3.35. The average Bonchev–Trinajstić information content (AvgIpc) is 3.13. The maximum atomic E-state index is 14.7. The minimum absolute atomic E-state index is 0.0530. The molecule has 0 aliphatic carbocycles. The van der Waals surface area contributed by atoms with Crippen molar-refractivity contribution < 1.29 is 23.5 Å². The summed E-state index contributed by atoms with van der Waals surface area (Å²) in [5, 5.41) is 2.53. The Balaban J connectivity index is 1.78. The van der Waals surface area contributed by atoms with Gasteiger partial charge in [-0.1, -0.05) is 6.07 Å². The zero-order valence-electron chi connectivity index (χ0n) is 17.9. The summed E-state index contributed by atoms with van der Waals surface area (Å²) in [4.78, 5) is 38.7. The molecule has 2 heterocycles. The van der Waals surface area contributed by atoms with E-state index in [1.54, 1.807) is 32.9 Å². The summed E-state index contributed by atoms with van der Waals surface area (Å²) >= 11 is 0. The minimum atomic E-state index is -0.865. The topological polar surface area (TPSA) is 89.9 Å². The monoisotopic (exact) mass is 431 g/mol. The number of benzene rings is 1. The Kier molecular flexibility index (Phi) is 6.45. The number of likely N-dealkylation sites (tertiary alicyclic amines) is 1. The largest absolute Gasteiger partial charge is 0.444 e. The van der Waals surface area contributed by atoms with Crippen molar-refractivity contribution in [2.45, 2.75) is 44.9 Å². The molecule has 2 aromatic rings. The number of pyridine rings is 1. The van der Waals surface area contributed by atoms with Crippen molar-refractivity contribution in [2.75, 3.05) is 19.0 Å². The molecule has 3 rings (SSSR count). The predicted octanol–water partition coefficient (Wildman–Crippen LogP) is 2.94. The lowest BCUT2D eigenvalue weighted by Crippen LogP contribution is -2.45. The number of amides is 2. The average molecular weight is 431 g/mol. The van der Waals surface area contributed by atoms with Crippen molar-refractivity contribution in [2.24, 2.45) is 0 Å². The zero-order valence-corrected chi connectivity index (χ0v) is 17.9. The molecule has 31 heavy (non-hydrogen) atoms. The van der Waals surface area contributed by atoms with Crippen LogP contribution in [0.1, 0.15) is 27.2 Å². The van der Waals surface area contributed by atoms with Gasteiger partial charge in [-0.2, -0.15) is 0 Å². The molecular formula is C22H26FN3O5. The smallest absolute Gasteiger partial charge is 0.411 e. The van der Waals surface area contributed by atoms with Crippen LogP contribution < -0.4 is 10.9 Å². The highest BCUT2D eigenvalue weighted by molar-refractivity contribution is 5.97. The van der Waals surface area contributed by atoms with Crippen LogP contribution >= 0.6 is 0 Å². The number of rotatable bonds is 4. The number of carbonyl (C=O) groups is 2. The van der Waals surface area contributed by atoms with E-state index in [2.05, 4.69) is 5.32 Å². The van der Waals surface area contributed by atoms with Gasteiger partial charge in [0.2, 0.25) is 5.91 Å². The second-order valence-corrected chi connectivity index (χ2v) is 8.30. The van der Waals surface area contributed by atoms with Crippen LogP contribution in [0.5, 0.6) is 0 Å². The molecule has 0 radical (unpaired) electrons. The van der Waals surface area contributed by atoms with Crippen LogP contribution in [-0.2, 0) is 14.3 Å². The number of ether oxygens (including phenoxy) is 2. The van der Waals surface area contributed by atoms with Gasteiger partial charge in [0.25, 0.3) is 5.56 Å². The molecule has 0 spiro atoms. The Morgan fingerprint density at radius 1 is 1.19 bits per heavy atom. The number of halogens is 1. The molecule has 9 heteroatoms. The summed E-state index contributed by atoms with van der Waals surface area (Å²) in [6, 6.07) is 7.82. The number of methoxy groups -OCH3 is 1. The van der Waals surface area contributed by atoms with Crippen molar-refractivity contribution in [3.8, 4) is 5.69 Å². The van der Waals surface area contributed by atoms with Gasteiger partial charge in [-0.3, -0.25) is 19.1 Å². The first kappa shape index (κ1) is 22.5. The normalized spacial score (nSPS) is 18.7. The van der Waals surface area contributed by atoms with E-state index >= 15 is 0 Å². The molecule has 0 unspecified atom stereocenters. The molecule has 1 aliphatic rings. The van der Waals surface area contributed by atoms with Gasteiger partial charge in [0, 0.05) is 31.9 Å². The maximum Gasteiger partial charge on any atom is 0.411 e. The van der Waals surface area contributed by atoms with Crippen molar-refractivity contribution in [1.82, 2.24) is 9.47 Å². The number of aromatic nitrogens is 1. The molecule has 2 atom stereocenters. The predicted molar refractivity (Wildman–Crippen MR) is 113 cm³/mol. The summed E-state index contributed by atoms with van der Waals surface area (Å²) in [7, 11) is 1.50. The Hall–Kier alpha value is -3.20. The Morgan fingerprint density at radius 2 is 1.94 bits per heavy atom. The van der Waals surface area contributed by atoms with Crippen molar-refractivity contribution in [1.29, 1.82) is 0 Å². The van der Waals surface area contributed by atoms with E-state index in [1.165, 1.54) is 41.0 Å². The van der Waals surface area contributed by atoms with E-state index in [-0.39, 0.29) is 30.3 Å². The van der Waals surface area contributed by atoms with Gasteiger partial charge in [-0.25, -0.2) is 9.18 Å². The van der Waals surface area contributed by atoms with E-state index < -0.39 is 29.5 Å². The number of hydrogen-bond acceptors (Lipinski definition) is 5. The van der Waals surface area contributed by atoms with Crippen LogP contribution in [0.4, 0.5) is 14.9 Å². The van der Waals surface area contributed by atoms with Gasteiger partial charge >= 0.3 is 6.09 Å². The second-order valence-electron chi connectivity index (χ2n) is 8.30. The molecule has 8 nitrogen and oxygen atoms in total. The van der Waals surface area contributed by atoms with Crippen LogP contribution in [-0.4, -0.2) is 52.9 Å². The molecule has 0 saturated carbocycles. The summed E-state index contributed by atoms with van der Waals surface area (Å²) < 4.78 is 26.7. The lowest BCUT2D eigenvalue weighted by Gasteiger charge is -2.27. The summed E-state index contributed by atoms with van der Waals surface area (Å²) in [6.45, 7) is 5.40. The number of hydrogen-bond donors (Lipinski definition) is 1. The van der Waals surface area contributed by atoms with Gasteiger partial charge in [0.1, 0.15) is 17.5 Å². The lowest BCUT2D eigenvalue weighted by atomic mass is 10.1. The quantitative estimate of drug-likeness (QED) is 0.804. The standard InChI is InChI=1S/C22H26FN3O5/c1-22(2,3)31-21(29)26-13-15(30-4)12-18(26)20(28)24-17-9-8-14(11-16(17)23)25-10-6-5-7-19(25)27/h5-11,15,18H,12-13H2,1-4H3,(H,24,28)/t15-,18-/m1/s1. The summed E-state index contributed by atoms with van der Waals surface area (Å²) in [5.74, 6) is -1.25. The fraction of sp³-hybridized carbons (Fsp3) is 0.409. The Morgan fingerprint density at radius 3 is 2.55 bits per heavy atom. The SMILES string of the molecule is CO[C@@H]1C[C@H](C(=O)Nc2ccc(-n3ccccc3=O)cc2F)N(C(=O)OC(C)(C)C)C1. The van der Waals surface area contributed by atoms with Crippen LogP contribution in [0, 0.1) is 5.82 Å². The first-order valence-electron chi connectivity index (χ1n) is 9.90. The highest BCUT2D eigenvalue weighted by Gasteiger charge is 2.41. The van der Waals surface area contributed by atoms with Gasteiger partial charge in [-0.05, 0) is 39.0 Å².